The molecule has 23 heavy (non-hydrogen) atoms. The molecule has 10 heteroatoms. The highest BCUT2D eigenvalue weighted by Crippen LogP contribution is 2.48. The second-order valence-electron chi connectivity index (χ2n) is 5.93. The lowest BCUT2D eigenvalue weighted by atomic mass is 10.1. The van der Waals surface area contributed by atoms with Crippen LogP contribution in [0.15, 0.2) is 0 Å². The summed E-state index contributed by atoms with van der Waals surface area (Å²) in [6.45, 7) is 6.31. The van der Waals surface area contributed by atoms with Gasteiger partial charge in [0.15, 0.2) is 0 Å². The Labute approximate surface area is 134 Å². The highest BCUT2D eigenvalue weighted by molar-refractivity contribution is 8.00. The van der Waals surface area contributed by atoms with Crippen LogP contribution in [0.2, 0.25) is 0 Å². The highest BCUT2D eigenvalue weighted by Gasteiger charge is 2.72. The number of rotatable bonds is 7. The van der Waals surface area contributed by atoms with Crippen molar-refractivity contribution in [2.45, 2.75) is 69.4 Å². The van der Waals surface area contributed by atoms with Crippen LogP contribution in [-0.4, -0.2) is 40.6 Å². The van der Waals surface area contributed by atoms with E-state index in [0.717, 1.165) is 11.8 Å². The first-order valence-corrected chi connectivity index (χ1v) is 7.73. The third-order valence-corrected chi connectivity index (χ3v) is 3.77. The molecule has 0 fully saturated rings. The maximum absolute atomic E-state index is 13.0. The van der Waals surface area contributed by atoms with E-state index in [0.29, 0.717) is 0 Å². The van der Waals surface area contributed by atoms with Gasteiger partial charge in [-0.25, -0.2) is 0 Å². The molecule has 0 aromatic heterocycles. The standard InChI is InChI=1S/C13H19F7O2S/c1-8(9(21)22-10(2,3)4)23-7-5-6-11(14,15)12(16,17)13(18,19)20/h8H,5-7H2,1-4H3. The van der Waals surface area contributed by atoms with Gasteiger partial charge in [0.05, 0.1) is 5.25 Å². The van der Waals surface area contributed by atoms with Crippen LogP contribution in [-0.2, 0) is 9.53 Å². The number of ether oxygens (including phenoxy) is 1. The third-order valence-electron chi connectivity index (χ3n) is 2.56. The van der Waals surface area contributed by atoms with E-state index in [1.807, 2.05) is 0 Å². The minimum Gasteiger partial charge on any atom is -0.459 e. The SMILES string of the molecule is CC(SCCCC(F)(F)C(F)(F)C(F)(F)F)C(=O)OC(C)(C)C. The molecule has 2 nitrogen and oxygen atoms in total. The molecule has 0 heterocycles. The first-order chi connectivity index (χ1) is 10.0. The first kappa shape index (κ1) is 22.3. The molecular formula is C13H19F7O2S. The summed E-state index contributed by atoms with van der Waals surface area (Å²) in [5, 5.41) is -0.744. The lowest BCUT2D eigenvalue weighted by Crippen LogP contribution is -2.51. The normalized spacial score (nSPS) is 15.4. The zero-order valence-electron chi connectivity index (χ0n) is 13.1. The van der Waals surface area contributed by atoms with Gasteiger partial charge in [-0.1, -0.05) is 0 Å². The van der Waals surface area contributed by atoms with E-state index in [9.17, 15) is 35.5 Å². The summed E-state index contributed by atoms with van der Waals surface area (Å²) in [4.78, 5) is 11.6. The molecule has 0 bridgehead atoms. The Morgan fingerprint density at radius 3 is 1.91 bits per heavy atom. The van der Waals surface area contributed by atoms with Crippen molar-refractivity contribution in [1.29, 1.82) is 0 Å². The summed E-state index contributed by atoms with van der Waals surface area (Å²) in [5.41, 5.74) is -0.742. The molecule has 0 aromatic rings. The van der Waals surface area contributed by atoms with E-state index >= 15 is 0 Å². The van der Waals surface area contributed by atoms with Crippen molar-refractivity contribution >= 4 is 17.7 Å². The smallest absolute Gasteiger partial charge is 0.459 e. The quantitative estimate of drug-likeness (QED) is 0.355. The summed E-state index contributed by atoms with van der Waals surface area (Å²) >= 11 is 0.850. The molecule has 0 spiro atoms. The molecule has 138 valence electrons. The fraction of sp³-hybridized carbons (Fsp3) is 0.923. The Kier molecular flexibility index (Phi) is 7.26. The van der Waals surface area contributed by atoms with E-state index in [-0.39, 0.29) is 5.75 Å². The number of halogens is 7. The number of hydrogen-bond donors (Lipinski definition) is 0. The summed E-state index contributed by atoms with van der Waals surface area (Å²) < 4.78 is 92.2. The van der Waals surface area contributed by atoms with Crippen LogP contribution in [0.3, 0.4) is 0 Å². The third kappa shape index (κ3) is 6.76. The van der Waals surface area contributed by atoms with E-state index in [1.54, 1.807) is 20.8 Å². The monoisotopic (exact) mass is 372 g/mol. The molecule has 0 aliphatic carbocycles. The second kappa shape index (κ2) is 7.48. The lowest BCUT2D eigenvalue weighted by Gasteiger charge is -2.28. The number of thioether (sulfide) groups is 1. The zero-order valence-corrected chi connectivity index (χ0v) is 13.9. The van der Waals surface area contributed by atoms with Gasteiger partial charge >= 0.3 is 24.0 Å². The summed E-state index contributed by atoms with van der Waals surface area (Å²) in [5.74, 6) is -12.1. The molecule has 0 aromatic carbocycles. The van der Waals surface area contributed by atoms with Gasteiger partial charge in [-0.2, -0.15) is 30.7 Å². The Morgan fingerprint density at radius 2 is 1.52 bits per heavy atom. The van der Waals surface area contributed by atoms with Crippen LogP contribution in [0.1, 0.15) is 40.5 Å². The Morgan fingerprint density at radius 1 is 1.04 bits per heavy atom. The fourth-order valence-corrected chi connectivity index (χ4v) is 2.22. The molecule has 0 N–H and O–H groups in total. The van der Waals surface area contributed by atoms with Gasteiger partial charge in [-0.05, 0) is 39.9 Å². The van der Waals surface area contributed by atoms with Gasteiger partial charge in [0.25, 0.3) is 0 Å². The Balaban J connectivity index is 4.39. The molecule has 1 unspecified atom stereocenters. The van der Waals surface area contributed by atoms with Crippen LogP contribution in [0.25, 0.3) is 0 Å². The van der Waals surface area contributed by atoms with Crippen molar-refractivity contribution in [2.75, 3.05) is 5.75 Å². The second-order valence-corrected chi connectivity index (χ2v) is 7.38. The van der Waals surface area contributed by atoms with Gasteiger partial charge in [0.1, 0.15) is 5.60 Å². The van der Waals surface area contributed by atoms with Crippen LogP contribution in [0.4, 0.5) is 30.7 Å². The van der Waals surface area contributed by atoms with Gasteiger partial charge in [0, 0.05) is 6.42 Å². The topological polar surface area (TPSA) is 26.3 Å². The van der Waals surface area contributed by atoms with E-state index in [2.05, 4.69) is 0 Å². The van der Waals surface area contributed by atoms with Crippen LogP contribution >= 0.6 is 11.8 Å². The average Bonchev–Trinajstić information content (AvgIpc) is 2.30. The van der Waals surface area contributed by atoms with Crippen molar-refractivity contribution < 1.29 is 40.3 Å². The minimum absolute atomic E-state index is 0.177. The number of hydrogen-bond acceptors (Lipinski definition) is 3. The highest BCUT2D eigenvalue weighted by atomic mass is 32.2. The molecule has 0 aliphatic rings. The maximum atomic E-state index is 13.0. The van der Waals surface area contributed by atoms with Gasteiger partial charge in [-0.15, -0.1) is 11.8 Å². The minimum atomic E-state index is -6.31. The van der Waals surface area contributed by atoms with E-state index < -0.39 is 47.7 Å². The Bertz CT molecular complexity index is 402. The van der Waals surface area contributed by atoms with Crippen LogP contribution in [0.5, 0.6) is 0 Å². The molecule has 1 atom stereocenters. The number of alkyl halides is 7. The van der Waals surface area contributed by atoms with E-state index in [1.165, 1.54) is 6.92 Å². The maximum Gasteiger partial charge on any atom is 0.459 e. The van der Waals surface area contributed by atoms with Gasteiger partial charge < -0.3 is 4.74 Å². The van der Waals surface area contributed by atoms with Crippen molar-refractivity contribution in [3.63, 3.8) is 0 Å². The number of esters is 1. The van der Waals surface area contributed by atoms with Crippen molar-refractivity contribution in [1.82, 2.24) is 0 Å². The molecule has 0 amide bonds. The van der Waals surface area contributed by atoms with Crippen LogP contribution in [0, 0.1) is 0 Å². The van der Waals surface area contributed by atoms with Gasteiger partial charge in [0.2, 0.25) is 0 Å². The molecule has 0 saturated carbocycles. The number of carbonyl (C=O) groups is 1. The summed E-state index contributed by atoms with van der Waals surface area (Å²) in [6.07, 6.45) is -8.54. The van der Waals surface area contributed by atoms with E-state index in [4.69, 9.17) is 4.74 Å². The summed E-state index contributed by atoms with van der Waals surface area (Å²) in [6, 6.07) is 0. The average molecular weight is 372 g/mol. The zero-order chi connectivity index (χ0) is 18.7. The van der Waals surface area contributed by atoms with Crippen molar-refractivity contribution in [3.05, 3.63) is 0 Å². The van der Waals surface area contributed by atoms with Gasteiger partial charge in [-0.3, -0.25) is 4.79 Å². The lowest BCUT2D eigenvalue weighted by molar-refractivity contribution is -0.355. The molecular weight excluding hydrogens is 353 g/mol. The molecule has 0 radical (unpaired) electrons. The Hall–Kier alpha value is -0.670. The summed E-state index contributed by atoms with van der Waals surface area (Å²) in [7, 11) is 0. The van der Waals surface area contributed by atoms with Crippen molar-refractivity contribution in [3.8, 4) is 0 Å². The number of carbonyl (C=O) groups excluding carboxylic acids is 1. The predicted molar refractivity (Wildman–Crippen MR) is 72.9 cm³/mol. The first-order valence-electron chi connectivity index (χ1n) is 6.68. The molecule has 0 saturated heterocycles. The predicted octanol–water partition coefficient (Wildman–Crippen LogP) is 5.06. The van der Waals surface area contributed by atoms with Crippen molar-refractivity contribution in [2.24, 2.45) is 0 Å². The molecule has 0 rings (SSSR count). The largest absolute Gasteiger partial charge is 0.459 e. The fourth-order valence-electron chi connectivity index (χ4n) is 1.37. The molecule has 0 aliphatic heterocycles. The van der Waals surface area contributed by atoms with Crippen LogP contribution < -0.4 is 0 Å².